The zero-order chi connectivity index (χ0) is 17.6. The van der Waals surface area contributed by atoms with Gasteiger partial charge in [-0.1, -0.05) is 29.0 Å². The molecule has 4 rings (SSSR count). The Kier molecular flexibility index (Phi) is 3.98. The van der Waals surface area contributed by atoms with Crippen molar-refractivity contribution in [2.75, 3.05) is 6.61 Å². The van der Waals surface area contributed by atoms with Crippen molar-refractivity contribution in [3.05, 3.63) is 58.7 Å². The van der Waals surface area contributed by atoms with E-state index in [4.69, 9.17) is 16.3 Å². The third-order valence-corrected chi connectivity index (χ3v) is 5.54. The second-order valence-electron chi connectivity index (χ2n) is 5.73. The third-order valence-electron chi connectivity index (χ3n) is 4.10. The van der Waals surface area contributed by atoms with E-state index in [1.165, 1.54) is 0 Å². The predicted octanol–water partition coefficient (Wildman–Crippen LogP) is 5.35. The lowest BCUT2D eigenvalue weighted by Crippen LogP contribution is -2.04. The van der Waals surface area contributed by atoms with Gasteiger partial charge in [0.05, 0.1) is 34.3 Å². The Morgan fingerprint density at radius 2 is 2.12 bits per heavy atom. The van der Waals surface area contributed by atoms with Crippen molar-refractivity contribution in [3.8, 4) is 11.3 Å². The number of rotatable bonds is 3. The van der Waals surface area contributed by atoms with Gasteiger partial charge in [0.15, 0.2) is 4.96 Å². The van der Waals surface area contributed by atoms with Crippen LogP contribution in [0, 0.1) is 6.92 Å². The average Bonchev–Trinajstić information content (AvgIpc) is 3.16. The van der Waals surface area contributed by atoms with Crippen LogP contribution in [-0.4, -0.2) is 22.0 Å². The number of aromatic nitrogens is 2. The standard InChI is InChI=1S/C19H15ClN2O2S/c1-3-24-18(23)13-5-7-15-17(9-13)25-19-21-10-16(22(15)19)12-4-6-14(20)11(2)8-12/h4-10H,3H2,1-2H3. The Hall–Kier alpha value is -2.37. The van der Waals surface area contributed by atoms with Crippen molar-refractivity contribution in [1.82, 2.24) is 9.38 Å². The van der Waals surface area contributed by atoms with Gasteiger partial charge in [0.2, 0.25) is 0 Å². The second kappa shape index (κ2) is 6.17. The number of nitrogens with zero attached hydrogens (tertiary/aromatic N) is 2. The Balaban J connectivity index is 1.88. The van der Waals surface area contributed by atoms with Crippen molar-refractivity contribution < 1.29 is 9.53 Å². The van der Waals surface area contributed by atoms with Gasteiger partial charge in [0.25, 0.3) is 0 Å². The molecule has 6 heteroatoms. The SMILES string of the molecule is CCOC(=O)c1ccc2c(c1)sc1ncc(-c3ccc(Cl)c(C)c3)n12. The molecule has 0 atom stereocenters. The monoisotopic (exact) mass is 370 g/mol. The topological polar surface area (TPSA) is 43.6 Å². The fraction of sp³-hybridized carbons (Fsp3) is 0.158. The second-order valence-corrected chi connectivity index (χ2v) is 7.15. The molecule has 126 valence electrons. The maximum absolute atomic E-state index is 11.9. The maximum atomic E-state index is 11.9. The summed E-state index contributed by atoms with van der Waals surface area (Å²) < 4.78 is 8.19. The highest BCUT2D eigenvalue weighted by Crippen LogP contribution is 2.33. The summed E-state index contributed by atoms with van der Waals surface area (Å²) in [5.74, 6) is -0.302. The summed E-state index contributed by atoms with van der Waals surface area (Å²) >= 11 is 7.70. The first-order valence-electron chi connectivity index (χ1n) is 7.92. The average molecular weight is 371 g/mol. The van der Waals surface area contributed by atoms with Gasteiger partial charge < -0.3 is 4.74 Å². The van der Waals surface area contributed by atoms with Gasteiger partial charge in [-0.2, -0.15) is 0 Å². The van der Waals surface area contributed by atoms with Gasteiger partial charge in [-0.05, 0) is 49.7 Å². The number of hydrogen-bond acceptors (Lipinski definition) is 4. The van der Waals surface area contributed by atoms with E-state index >= 15 is 0 Å². The molecule has 0 N–H and O–H groups in total. The van der Waals surface area contributed by atoms with Crippen LogP contribution in [0.4, 0.5) is 0 Å². The largest absolute Gasteiger partial charge is 0.462 e. The molecule has 2 aromatic heterocycles. The summed E-state index contributed by atoms with van der Waals surface area (Å²) in [6, 6.07) is 11.6. The smallest absolute Gasteiger partial charge is 0.338 e. The normalized spacial score (nSPS) is 11.3. The molecule has 2 aromatic carbocycles. The Morgan fingerprint density at radius 3 is 2.88 bits per heavy atom. The number of benzene rings is 2. The van der Waals surface area contributed by atoms with Gasteiger partial charge in [-0.3, -0.25) is 4.40 Å². The lowest BCUT2D eigenvalue weighted by molar-refractivity contribution is 0.0526. The number of ether oxygens (including phenoxy) is 1. The van der Waals surface area contributed by atoms with E-state index in [-0.39, 0.29) is 5.97 Å². The molecule has 0 aliphatic carbocycles. The molecule has 25 heavy (non-hydrogen) atoms. The lowest BCUT2D eigenvalue weighted by atomic mass is 10.1. The van der Waals surface area contributed by atoms with E-state index in [0.717, 1.165) is 37.0 Å². The minimum Gasteiger partial charge on any atom is -0.462 e. The minimum atomic E-state index is -0.302. The summed E-state index contributed by atoms with van der Waals surface area (Å²) in [4.78, 5) is 17.4. The van der Waals surface area contributed by atoms with E-state index in [0.29, 0.717) is 12.2 Å². The molecule has 2 heterocycles. The van der Waals surface area contributed by atoms with Crippen LogP contribution in [0.2, 0.25) is 5.02 Å². The molecule has 4 aromatic rings. The molecule has 0 saturated carbocycles. The molecule has 4 nitrogen and oxygen atoms in total. The van der Waals surface area contributed by atoms with Crippen molar-refractivity contribution in [2.24, 2.45) is 0 Å². The summed E-state index contributed by atoms with van der Waals surface area (Å²) in [5.41, 5.74) is 4.67. The van der Waals surface area contributed by atoms with Crippen LogP contribution in [-0.2, 0) is 4.74 Å². The zero-order valence-electron chi connectivity index (χ0n) is 13.7. The Bertz CT molecular complexity index is 1110. The van der Waals surface area contributed by atoms with Crippen LogP contribution in [0.25, 0.3) is 26.4 Å². The first kappa shape index (κ1) is 16.1. The molecule has 0 aliphatic heterocycles. The van der Waals surface area contributed by atoms with Crippen molar-refractivity contribution in [1.29, 1.82) is 0 Å². The van der Waals surface area contributed by atoms with Crippen LogP contribution >= 0.6 is 22.9 Å². The molecule has 0 amide bonds. The fourth-order valence-corrected chi connectivity index (χ4v) is 4.03. The molecule has 0 unspecified atom stereocenters. The first-order valence-corrected chi connectivity index (χ1v) is 9.11. The number of thiazole rings is 1. The molecular formula is C19H15ClN2O2S. The molecule has 0 bridgehead atoms. The van der Waals surface area contributed by atoms with Crippen molar-refractivity contribution >= 4 is 44.1 Å². The fourth-order valence-electron chi connectivity index (χ4n) is 2.87. The highest BCUT2D eigenvalue weighted by atomic mass is 35.5. The van der Waals surface area contributed by atoms with E-state index < -0.39 is 0 Å². The summed E-state index contributed by atoms with van der Waals surface area (Å²) in [6.07, 6.45) is 1.87. The van der Waals surface area contributed by atoms with Crippen LogP contribution < -0.4 is 0 Å². The Morgan fingerprint density at radius 1 is 1.28 bits per heavy atom. The molecule has 0 spiro atoms. The minimum absolute atomic E-state index is 0.302. The number of carbonyl (C=O) groups excluding carboxylic acids is 1. The van der Waals surface area contributed by atoms with E-state index in [9.17, 15) is 4.79 Å². The number of fused-ring (bicyclic) bond motifs is 3. The first-order chi connectivity index (χ1) is 12.1. The number of halogens is 1. The number of carbonyl (C=O) groups is 1. The predicted molar refractivity (Wildman–Crippen MR) is 102 cm³/mol. The summed E-state index contributed by atoms with van der Waals surface area (Å²) in [7, 11) is 0. The van der Waals surface area contributed by atoms with Crippen LogP contribution in [0.15, 0.2) is 42.6 Å². The van der Waals surface area contributed by atoms with Gasteiger partial charge in [-0.25, -0.2) is 9.78 Å². The van der Waals surface area contributed by atoms with Crippen molar-refractivity contribution in [2.45, 2.75) is 13.8 Å². The zero-order valence-corrected chi connectivity index (χ0v) is 15.3. The maximum Gasteiger partial charge on any atom is 0.338 e. The summed E-state index contributed by atoms with van der Waals surface area (Å²) in [5, 5.41) is 0.749. The van der Waals surface area contributed by atoms with Gasteiger partial charge in [-0.15, -0.1) is 0 Å². The molecule has 0 radical (unpaired) electrons. The van der Waals surface area contributed by atoms with Crippen LogP contribution in [0.1, 0.15) is 22.8 Å². The quantitative estimate of drug-likeness (QED) is 0.456. The molecule has 0 aliphatic rings. The highest BCUT2D eigenvalue weighted by molar-refractivity contribution is 7.23. The van der Waals surface area contributed by atoms with E-state index in [2.05, 4.69) is 15.5 Å². The number of imidazole rings is 1. The van der Waals surface area contributed by atoms with E-state index in [1.807, 2.05) is 37.4 Å². The third kappa shape index (κ3) is 2.69. The van der Waals surface area contributed by atoms with Gasteiger partial charge in [0, 0.05) is 10.6 Å². The van der Waals surface area contributed by atoms with E-state index in [1.54, 1.807) is 24.3 Å². The van der Waals surface area contributed by atoms with Crippen molar-refractivity contribution in [3.63, 3.8) is 0 Å². The van der Waals surface area contributed by atoms with Crippen LogP contribution in [0.3, 0.4) is 0 Å². The highest BCUT2D eigenvalue weighted by Gasteiger charge is 2.15. The lowest BCUT2D eigenvalue weighted by Gasteiger charge is -2.05. The number of aryl methyl sites for hydroxylation is 1. The van der Waals surface area contributed by atoms with Gasteiger partial charge in [0.1, 0.15) is 0 Å². The Labute approximate surface area is 153 Å². The summed E-state index contributed by atoms with van der Waals surface area (Å²) in [6.45, 7) is 4.15. The van der Waals surface area contributed by atoms with Gasteiger partial charge >= 0.3 is 5.97 Å². The molecule has 0 saturated heterocycles. The number of hydrogen-bond donors (Lipinski definition) is 0. The van der Waals surface area contributed by atoms with Crippen LogP contribution in [0.5, 0.6) is 0 Å². The molecule has 0 fully saturated rings. The molecular weight excluding hydrogens is 356 g/mol. The number of esters is 1.